The highest BCUT2D eigenvalue weighted by Gasteiger charge is 2.09. The Morgan fingerprint density at radius 2 is 2.45 bits per heavy atom. The SMILES string of the molecule is C=C(CCCC)N1CCN=N1. The van der Waals surface area contributed by atoms with Gasteiger partial charge in [0.15, 0.2) is 0 Å². The van der Waals surface area contributed by atoms with E-state index < -0.39 is 0 Å². The zero-order valence-corrected chi connectivity index (χ0v) is 7.08. The molecule has 1 heterocycles. The van der Waals surface area contributed by atoms with Gasteiger partial charge in [-0.15, -0.1) is 0 Å². The highest BCUT2D eigenvalue weighted by molar-refractivity contribution is 4.92. The van der Waals surface area contributed by atoms with E-state index in [-0.39, 0.29) is 0 Å². The molecule has 1 aliphatic rings. The fraction of sp³-hybridized carbons (Fsp3) is 0.750. The van der Waals surface area contributed by atoms with Crippen LogP contribution in [-0.2, 0) is 0 Å². The van der Waals surface area contributed by atoms with Crippen molar-refractivity contribution in [1.29, 1.82) is 0 Å². The summed E-state index contributed by atoms with van der Waals surface area (Å²) in [5.74, 6) is 0. The minimum Gasteiger partial charge on any atom is -0.250 e. The van der Waals surface area contributed by atoms with Crippen LogP contribution in [0.3, 0.4) is 0 Å². The van der Waals surface area contributed by atoms with Crippen LogP contribution in [0.25, 0.3) is 0 Å². The van der Waals surface area contributed by atoms with Crippen LogP contribution in [0.5, 0.6) is 0 Å². The molecule has 0 spiro atoms. The fourth-order valence-corrected chi connectivity index (χ4v) is 1.04. The maximum absolute atomic E-state index is 3.95. The summed E-state index contributed by atoms with van der Waals surface area (Å²) in [6.45, 7) is 7.87. The molecule has 1 rings (SSSR count). The van der Waals surface area contributed by atoms with Crippen LogP contribution in [0.15, 0.2) is 22.6 Å². The van der Waals surface area contributed by atoms with Crippen LogP contribution in [0, 0.1) is 0 Å². The molecule has 0 unspecified atom stereocenters. The minimum atomic E-state index is 0.825. The van der Waals surface area contributed by atoms with E-state index >= 15 is 0 Å². The van der Waals surface area contributed by atoms with E-state index in [1.165, 1.54) is 12.8 Å². The third-order valence-corrected chi connectivity index (χ3v) is 1.77. The lowest BCUT2D eigenvalue weighted by Crippen LogP contribution is -2.13. The number of rotatable bonds is 4. The van der Waals surface area contributed by atoms with Crippen LogP contribution < -0.4 is 0 Å². The van der Waals surface area contributed by atoms with Gasteiger partial charge < -0.3 is 0 Å². The van der Waals surface area contributed by atoms with E-state index in [9.17, 15) is 0 Å². The summed E-state index contributed by atoms with van der Waals surface area (Å²) in [5.41, 5.74) is 1.10. The Bertz CT molecular complexity index is 163. The molecule has 0 aromatic heterocycles. The predicted molar refractivity (Wildman–Crippen MR) is 45.1 cm³/mol. The van der Waals surface area contributed by atoms with E-state index in [0.29, 0.717) is 0 Å². The van der Waals surface area contributed by atoms with E-state index in [1.54, 1.807) is 0 Å². The first-order chi connectivity index (χ1) is 5.34. The number of nitrogens with zero attached hydrogens (tertiary/aromatic N) is 3. The van der Waals surface area contributed by atoms with Crippen molar-refractivity contribution in [2.24, 2.45) is 10.3 Å². The van der Waals surface area contributed by atoms with Crippen LogP contribution in [0.4, 0.5) is 0 Å². The second-order valence-corrected chi connectivity index (χ2v) is 2.75. The monoisotopic (exact) mass is 153 g/mol. The van der Waals surface area contributed by atoms with Gasteiger partial charge in [-0.2, -0.15) is 5.11 Å². The zero-order valence-electron chi connectivity index (χ0n) is 7.08. The van der Waals surface area contributed by atoms with E-state index in [2.05, 4.69) is 23.8 Å². The standard InChI is InChI=1S/C8H15N3/c1-3-4-5-8(2)11-7-6-9-10-11/h2-7H2,1H3. The van der Waals surface area contributed by atoms with Gasteiger partial charge in [0.25, 0.3) is 0 Å². The smallest absolute Gasteiger partial charge is 0.0817 e. The molecule has 1 aliphatic heterocycles. The molecular weight excluding hydrogens is 138 g/mol. The van der Waals surface area contributed by atoms with Crippen LogP contribution in [0.2, 0.25) is 0 Å². The lowest BCUT2D eigenvalue weighted by atomic mass is 10.2. The van der Waals surface area contributed by atoms with Gasteiger partial charge in [-0.25, -0.2) is 0 Å². The van der Waals surface area contributed by atoms with Crippen molar-refractivity contribution < 1.29 is 0 Å². The molecule has 3 heteroatoms. The lowest BCUT2D eigenvalue weighted by molar-refractivity contribution is 0.386. The van der Waals surface area contributed by atoms with Crippen LogP contribution in [-0.4, -0.2) is 18.1 Å². The van der Waals surface area contributed by atoms with Gasteiger partial charge in [0.1, 0.15) is 0 Å². The van der Waals surface area contributed by atoms with Crippen molar-refractivity contribution in [3.8, 4) is 0 Å². The summed E-state index contributed by atoms with van der Waals surface area (Å²) in [6, 6.07) is 0. The van der Waals surface area contributed by atoms with E-state index in [0.717, 1.165) is 25.2 Å². The molecular formula is C8H15N3. The Morgan fingerprint density at radius 1 is 1.64 bits per heavy atom. The average Bonchev–Trinajstić information content (AvgIpc) is 2.52. The Balaban J connectivity index is 2.23. The lowest BCUT2D eigenvalue weighted by Gasteiger charge is -2.13. The molecule has 0 atom stereocenters. The Hall–Kier alpha value is -0.860. The molecule has 11 heavy (non-hydrogen) atoms. The van der Waals surface area contributed by atoms with Crippen LogP contribution in [0.1, 0.15) is 26.2 Å². The van der Waals surface area contributed by atoms with Crippen LogP contribution >= 0.6 is 0 Å². The second-order valence-electron chi connectivity index (χ2n) is 2.75. The predicted octanol–water partition coefficient (Wildman–Crippen LogP) is 2.37. The van der Waals surface area contributed by atoms with Gasteiger partial charge in [0.2, 0.25) is 0 Å². The minimum absolute atomic E-state index is 0.825. The van der Waals surface area contributed by atoms with Crippen molar-refractivity contribution >= 4 is 0 Å². The van der Waals surface area contributed by atoms with Crippen molar-refractivity contribution in [2.45, 2.75) is 26.2 Å². The molecule has 62 valence electrons. The maximum Gasteiger partial charge on any atom is 0.0817 e. The molecule has 0 bridgehead atoms. The molecule has 3 nitrogen and oxygen atoms in total. The first kappa shape index (κ1) is 8.24. The summed E-state index contributed by atoms with van der Waals surface area (Å²) in [5, 5.41) is 9.73. The normalized spacial score (nSPS) is 15.9. The fourth-order valence-electron chi connectivity index (χ4n) is 1.04. The van der Waals surface area contributed by atoms with E-state index in [4.69, 9.17) is 0 Å². The van der Waals surface area contributed by atoms with Crippen molar-refractivity contribution in [2.75, 3.05) is 13.1 Å². The zero-order chi connectivity index (χ0) is 8.10. The Labute approximate surface area is 67.8 Å². The van der Waals surface area contributed by atoms with Gasteiger partial charge in [-0.3, -0.25) is 5.01 Å². The third kappa shape index (κ3) is 2.33. The summed E-state index contributed by atoms with van der Waals surface area (Å²) in [7, 11) is 0. The van der Waals surface area contributed by atoms with Crippen molar-refractivity contribution in [3.63, 3.8) is 0 Å². The molecule has 0 saturated heterocycles. The third-order valence-electron chi connectivity index (χ3n) is 1.77. The summed E-state index contributed by atoms with van der Waals surface area (Å²) >= 11 is 0. The summed E-state index contributed by atoms with van der Waals surface area (Å²) in [4.78, 5) is 0. The van der Waals surface area contributed by atoms with Crippen molar-refractivity contribution in [1.82, 2.24) is 5.01 Å². The number of allylic oxidation sites excluding steroid dienone is 1. The Morgan fingerprint density at radius 3 is 3.00 bits per heavy atom. The van der Waals surface area contributed by atoms with Gasteiger partial charge >= 0.3 is 0 Å². The molecule has 0 fully saturated rings. The average molecular weight is 153 g/mol. The molecule has 0 N–H and O–H groups in total. The number of hydrogen-bond donors (Lipinski definition) is 0. The van der Waals surface area contributed by atoms with Crippen molar-refractivity contribution in [3.05, 3.63) is 12.3 Å². The highest BCUT2D eigenvalue weighted by atomic mass is 15.6. The van der Waals surface area contributed by atoms with Gasteiger partial charge in [0, 0.05) is 5.70 Å². The van der Waals surface area contributed by atoms with Gasteiger partial charge in [-0.1, -0.05) is 25.1 Å². The second kappa shape index (κ2) is 4.11. The molecule has 0 aliphatic carbocycles. The number of hydrogen-bond acceptors (Lipinski definition) is 3. The summed E-state index contributed by atoms with van der Waals surface area (Å²) < 4.78 is 0. The molecule has 0 aromatic carbocycles. The molecule has 0 aromatic rings. The topological polar surface area (TPSA) is 28.0 Å². The highest BCUT2D eigenvalue weighted by Crippen LogP contribution is 2.14. The summed E-state index contributed by atoms with van der Waals surface area (Å²) in [6.07, 6.45) is 3.46. The Kier molecular flexibility index (Phi) is 3.08. The molecule has 0 amide bonds. The van der Waals surface area contributed by atoms with E-state index in [1.807, 2.05) is 5.01 Å². The number of unbranched alkanes of at least 4 members (excludes halogenated alkanes) is 1. The first-order valence-corrected chi connectivity index (χ1v) is 4.17. The first-order valence-electron chi connectivity index (χ1n) is 4.17. The maximum atomic E-state index is 3.95. The van der Waals surface area contributed by atoms with Gasteiger partial charge in [0.05, 0.1) is 13.1 Å². The van der Waals surface area contributed by atoms with Gasteiger partial charge in [-0.05, 0) is 12.8 Å². The molecule has 0 saturated carbocycles. The largest absolute Gasteiger partial charge is 0.250 e. The quantitative estimate of drug-likeness (QED) is 0.609. The molecule has 0 radical (unpaired) electrons.